The predicted molar refractivity (Wildman–Crippen MR) is 62.8 cm³/mol. The smallest absolute Gasteiger partial charge is 0.223 e. The second-order valence-corrected chi connectivity index (χ2v) is 5.33. The van der Waals surface area contributed by atoms with Gasteiger partial charge in [-0.1, -0.05) is 12.2 Å². The van der Waals surface area contributed by atoms with Crippen molar-refractivity contribution in [1.82, 2.24) is 5.32 Å². The summed E-state index contributed by atoms with van der Waals surface area (Å²) in [4.78, 5) is 11.8. The molecule has 2 atom stereocenters. The molecule has 1 amide bonds. The normalized spacial score (nSPS) is 28.5. The molecular weight excluding hydrogens is 202 g/mol. The van der Waals surface area contributed by atoms with Gasteiger partial charge in [0.25, 0.3) is 0 Å². The van der Waals surface area contributed by atoms with Crippen molar-refractivity contribution in [3.8, 4) is 0 Å². The van der Waals surface area contributed by atoms with Crippen molar-refractivity contribution < 1.29 is 9.90 Å². The van der Waals surface area contributed by atoms with Gasteiger partial charge in [-0.3, -0.25) is 4.79 Å². The van der Waals surface area contributed by atoms with Gasteiger partial charge in [0.15, 0.2) is 0 Å². The molecule has 2 aliphatic rings. The maximum Gasteiger partial charge on any atom is 0.223 e. The zero-order chi connectivity index (χ0) is 11.6. The number of rotatable bonds is 4. The summed E-state index contributed by atoms with van der Waals surface area (Å²) in [5.74, 6) is 0.601. The van der Waals surface area contributed by atoms with Crippen LogP contribution in [0.4, 0.5) is 0 Å². The summed E-state index contributed by atoms with van der Waals surface area (Å²) in [5.41, 5.74) is -0.708. The van der Waals surface area contributed by atoms with Crippen molar-refractivity contribution in [1.29, 1.82) is 0 Å². The van der Waals surface area contributed by atoms with E-state index in [1.54, 1.807) is 0 Å². The molecule has 2 N–H and O–H groups in total. The Kier molecular flexibility index (Phi) is 3.33. The van der Waals surface area contributed by atoms with E-state index >= 15 is 0 Å². The number of carbonyl (C=O) groups is 1. The number of carbonyl (C=O) groups excluding carboxylic acids is 1. The fourth-order valence-electron chi connectivity index (χ4n) is 2.29. The summed E-state index contributed by atoms with van der Waals surface area (Å²) in [6, 6.07) is 0. The summed E-state index contributed by atoms with van der Waals surface area (Å²) < 4.78 is 0. The largest absolute Gasteiger partial charge is 0.388 e. The highest BCUT2D eigenvalue weighted by molar-refractivity contribution is 5.79. The molecule has 2 rings (SSSR count). The summed E-state index contributed by atoms with van der Waals surface area (Å²) in [6.07, 6.45) is 9.17. The minimum atomic E-state index is -0.708. The van der Waals surface area contributed by atoms with Gasteiger partial charge in [0.2, 0.25) is 5.91 Å². The lowest BCUT2D eigenvalue weighted by molar-refractivity contribution is -0.126. The van der Waals surface area contributed by atoms with Gasteiger partial charge in [-0.2, -0.15) is 0 Å². The van der Waals surface area contributed by atoms with Gasteiger partial charge in [0.1, 0.15) is 0 Å². The third-order valence-electron chi connectivity index (χ3n) is 3.72. The van der Waals surface area contributed by atoms with E-state index < -0.39 is 5.60 Å². The standard InChI is InChI=1S/C13H21NO2/c1-13(16,11-7-8-11)9-14-12(15)10-5-3-2-4-6-10/h2-3,10-11,16H,4-9H2,1H3,(H,14,15)/t10-,13+/m0/s1. The monoisotopic (exact) mass is 223 g/mol. The molecule has 0 heterocycles. The van der Waals surface area contributed by atoms with Crippen LogP contribution in [-0.2, 0) is 4.79 Å². The Morgan fingerprint density at radius 1 is 1.44 bits per heavy atom. The molecule has 1 fully saturated rings. The second kappa shape index (κ2) is 4.58. The first kappa shape index (κ1) is 11.6. The number of allylic oxidation sites excluding steroid dienone is 2. The van der Waals surface area contributed by atoms with Crippen molar-refractivity contribution in [2.45, 2.75) is 44.6 Å². The average Bonchev–Trinajstić information content (AvgIpc) is 3.11. The molecule has 0 radical (unpaired) electrons. The molecule has 0 aromatic carbocycles. The van der Waals surface area contributed by atoms with E-state index in [-0.39, 0.29) is 11.8 Å². The SMILES string of the molecule is C[C@@](O)(CNC(=O)[C@H]1CC=CCC1)C1CC1. The van der Waals surface area contributed by atoms with Crippen LogP contribution in [0.2, 0.25) is 0 Å². The summed E-state index contributed by atoms with van der Waals surface area (Å²) in [5, 5.41) is 13.0. The highest BCUT2D eigenvalue weighted by Gasteiger charge is 2.40. The molecule has 16 heavy (non-hydrogen) atoms. The quantitative estimate of drug-likeness (QED) is 0.711. The number of hydrogen-bond acceptors (Lipinski definition) is 2. The van der Waals surface area contributed by atoms with E-state index in [4.69, 9.17) is 0 Å². The maximum absolute atomic E-state index is 11.8. The van der Waals surface area contributed by atoms with Crippen LogP contribution < -0.4 is 5.32 Å². The van der Waals surface area contributed by atoms with Crippen molar-refractivity contribution in [3.63, 3.8) is 0 Å². The molecule has 3 nitrogen and oxygen atoms in total. The molecule has 2 aliphatic carbocycles. The Bertz CT molecular complexity index is 292. The summed E-state index contributed by atoms with van der Waals surface area (Å²) in [7, 11) is 0. The van der Waals surface area contributed by atoms with Crippen molar-refractivity contribution in [3.05, 3.63) is 12.2 Å². The Morgan fingerprint density at radius 2 is 2.19 bits per heavy atom. The summed E-state index contributed by atoms with van der Waals surface area (Å²) in [6.45, 7) is 2.22. The fraction of sp³-hybridized carbons (Fsp3) is 0.769. The van der Waals surface area contributed by atoms with Gasteiger partial charge < -0.3 is 10.4 Å². The van der Waals surface area contributed by atoms with Gasteiger partial charge in [-0.15, -0.1) is 0 Å². The van der Waals surface area contributed by atoms with Crippen LogP contribution >= 0.6 is 0 Å². The fourth-order valence-corrected chi connectivity index (χ4v) is 2.29. The van der Waals surface area contributed by atoms with Crippen LogP contribution in [0.5, 0.6) is 0 Å². The molecule has 0 bridgehead atoms. The van der Waals surface area contributed by atoms with E-state index in [0.29, 0.717) is 12.5 Å². The van der Waals surface area contributed by atoms with Crippen LogP contribution in [-0.4, -0.2) is 23.2 Å². The summed E-state index contributed by atoms with van der Waals surface area (Å²) >= 11 is 0. The van der Waals surface area contributed by atoms with Gasteiger partial charge in [0.05, 0.1) is 5.60 Å². The zero-order valence-electron chi connectivity index (χ0n) is 9.91. The first-order valence-corrected chi connectivity index (χ1v) is 6.25. The second-order valence-electron chi connectivity index (χ2n) is 5.33. The van der Waals surface area contributed by atoms with Gasteiger partial charge in [-0.05, 0) is 44.9 Å². The molecule has 90 valence electrons. The third kappa shape index (κ3) is 2.85. The van der Waals surface area contributed by atoms with Crippen molar-refractivity contribution >= 4 is 5.91 Å². The Balaban J connectivity index is 1.76. The van der Waals surface area contributed by atoms with Gasteiger partial charge in [-0.25, -0.2) is 0 Å². The van der Waals surface area contributed by atoms with Crippen LogP contribution in [0.15, 0.2) is 12.2 Å². The first-order chi connectivity index (χ1) is 7.59. The first-order valence-electron chi connectivity index (χ1n) is 6.25. The lowest BCUT2D eigenvalue weighted by Gasteiger charge is -2.25. The van der Waals surface area contributed by atoms with E-state index in [1.807, 2.05) is 6.92 Å². The van der Waals surface area contributed by atoms with Crippen molar-refractivity contribution in [2.75, 3.05) is 6.54 Å². The molecule has 0 saturated heterocycles. The van der Waals surface area contributed by atoms with Crippen LogP contribution in [0, 0.1) is 11.8 Å². The van der Waals surface area contributed by atoms with Crippen LogP contribution in [0.3, 0.4) is 0 Å². The number of aliphatic hydroxyl groups is 1. The molecule has 0 unspecified atom stereocenters. The zero-order valence-corrected chi connectivity index (χ0v) is 9.91. The Hall–Kier alpha value is -0.830. The third-order valence-corrected chi connectivity index (χ3v) is 3.72. The molecule has 0 spiro atoms. The Labute approximate surface area is 96.9 Å². The van der Waals surface area contributed by atoms with E-state index in [2.05, 4.69) is 17.5 Å². The Morgan fingerprint density at radius 3 is 2.75 bits per heavy atom. The average molecular weight is 223 g/mol. The lowest BCUT2D eigenvalue weighted by atomic mass is 9.93. The molecule has 0 aromatic rings. The van der Waals surface area contributed by atoms with Crippen LogP contribution in [0.25, 0.3) is 0 Å². The molecule has 1 saturated carbocycles. The molecule has 0 aromatic heterocycles. The number of amides is 1. The molecule has 3 heteroatoms. The number of nitrogens with one attached hydrogen (secondary N) is 1. The maximum atomic E-state index is 11.8. The molecule has 0 aliphatic heterocycles. The minimum Gasteiger partial charge on any atom is -0.388 e. The number of hydrogen-bond donors (Lipinski definition) is 2. The topological polar surface area (TPSA) is 49.3 Å². The highest BCUT2D eigenvalue weighted by atomic mass is 16.3. The van der Waals surface area contributed by atoms with Crippen molar-refractivity contribution in [2.24, 2.45) is 11.8 Å². The van der Waals surface area contributed by atoms with E-state index in [0.717, 1.165) is 32.1 Å². The lowest BCUT2D eigenvalue weighted by Crippen LogP contribution is -2.44. The van der Waals surface area contributed by atoms with E-state index in [9.17, 15) is 9.90 Å². The van der Waals surface area contributed by atoms with Crippen LogP contribution in [0.1, 0.15) is 39.0 Å². The van der Waals surface area contributed by atoms with Gasteiger partial charge in [0, 0.05) is 12.5 Å². The predicted octanol–water partition coefficient (Wildman–Crippen LogP) is 1.62. The highest BCUT2D eigenvalue weighted by Crippen LogP contribution is 2.39. The minimum absolute atomic E-state index is 0.102. The molecular formula is C13H21NO2. The van der Waals surface area contributed by atoms with Gasteiger partial charge >= 0.3 is 0 Å². The van der Waals surface area contributed by atoms with E-state index in [1.165, 1.54) is 0 Å².